The van der Waals surface area contributed by atoms with Crippen LogP contribution in [0.2, 0.25) is 0 Å². The number of hydrogen-bond acceptors (Lipinski definition) is 7. The van der Waals surface area contributed by atoms with Crippen LogP contribution >= 0.6 is 0 Å². The van der Waals surface area contributed by atoms with Crippen molar-refractivity contribution in [3.8, 4) is 0 Å². The molecule has 0 rings (SSSR count). The molecule has 0 spiro atoms. The van der Waals surface area contributed by atoms with Gasteiger partial charge in [-0.1, -0.05) is 0 Å². The first-order valence-electron chi connectivity index (χ1n) is 3.14. The zero-order valence-electron chi connectivity index (χ0n) is 7.13. The number of carbonyl (C=O) groups is 1. The molecule has 0 aromatic rings. The third kappa shape index (κ3) is 6.24. The Hall–Kier alpha value is -0.400. The van der Waals surface area contributed by atoms with Crippen molar-refractivity contribution in [2.24, 2.45) is 10.9 Å². The van der Waals surface area contributed by atoms with Crippen LogP contribution in [0, 0.1) is 5.41 Å². The van der Waals surface area contributed by atoms with Crippen LogP contribution in [-0.4, -0.2) is 64.9 Å². The second-order valence-electron chi connectivity index (χ2n) is 2.12. The van der Waals surface area contributed by atoms with E-state index in [2.05, 4.69) is 9.32 Å². The summed E-state index contributed by atoms with van der Waals surface area (Å²) in [5.41, 5.74) is 4.76. The zero-order valence-corrected chi connectivity index (χ0v) is 8.76. The number of hydrogen-bond donors (Lipinski definition) is 4. The van der Waals surface area contributed by atoms with E-state index in [0.29, 0.717) is 0 Å². The Morgan fingerprint density at radius 3 is 2.06 bits per heavy atom. The van der Waals surface area contributed by atoms with E-state index >= 15 is 0 Å². The van der Waals surface area contributed by atoms with Crippen molar-refractivity contribution >= 4 is 59.7 Å². The van der Waals surface area contributed by atoms with E-state index in [1.807, 2.05) is 5.32 Å². The van der Waals surface area contributed by atoms with Gasteiger partial charge >= 0.3 is 53.7 Å². The van der Waals surface area contributed by atoms with Crippen LogP contribution in [0.5, 0.6) is 0 Å². The molecule has 10 nitrogen and oxygen atoms in total. The summed E-state index contributed by atoms with van der Waals surface area (Å²) in [6.45, 7) is -0.774. The van der Waals surface area contributed by atoms with E-state index in [0.717, 1.165) is 0 Å². The maximum atomic E-state index is 10.7. The fourth-order valence-electron chi connectivity index (χ4n) is 0.358. The van der Waals surface area contributed by atoms with Crippen molar-refractivity contribution in [1.82, 2.24) is 5.32 Å². The van der Waals surface area contributed by atoms with Gasteiger partial charge in [0.15, 0.2) is 5.96 Å². The molecule has 0 radical (unpaired) electrons. The van der Waals surface area contributed by atoms with E-state index < -0.39 is 36.7 Å². The molecular weight excluding hydrogens is 275 g/mol. The maximum absolute atomic E-state index is 10.7. The Bertz CT molecular complexity index is 468. The van der Waals surface area contributed by atoms with E-state index in [1.165, 1.54) is 0 Å². The minimum atomic E-state index is -5.20. The van der Waals surface area contributed by atoms with Crippen molar-refractivity contribution in [3.63, 3.8) is 0 Å². The molecule has 6 N–H and O–H groups in total. The van der Waals surface area contributed by atoms with E-state index in [1.54, 1.807) is 0 Å². The SMILES string of the molecule is N=C(N)NCC(=O)OS(=O)(=O)S(N)(=O)=O.[NaH]. The number of rotatable bonds is 4. The Balaban J connectivity index is 0. The molecule has 0 aliphatic heterocycles. The van der Waals surface area contributed by atoms with Crippen LogP contribution in [0.4, 0.5) is 0 Å². The van der Waals surface area contributed by atoms with Gasteiger partial charge in [-0.3, -0.25) is 5.41 Å². The zero-order chi connectivity index (χ0) is 12.3. The first-order chi connectivity index (χ1) is 6.56. The molecule has 0 saturated carbocycles. The molecule has 0 atom stereocenters. The fraction of sp³-hybridized carbons (Fsp3) is 0.333. The van der Waals surface area contributed by atoms with Gasteiger partial charge in [-0.15, -0.1) is 0 Å². The van der Waals surface area contributed by atoms with Gasteiger partial charge in [0.05, 0.1) is 0 Å². The van der Waals surface area contributed by atoms with Gasteiger partial charge in [-0.25, -0.2) is 9.93 Å². The summed E-state index contributed by atoms with van der Waals surface area (Å²) < 4.78 is 45.5. The molecule has 0 saturated heterocycles. The standard InChI is InChI=1S/C3H8N4O6S2.Na.H/c4-3(5)7-1-2(8)13-15(11,12)14(6,9)10;;/h1H2,(H4,4,5,7)(H2,6,9,10);;. The first-order valence-corrected chi connectivity index (χ1v) is 6.61. The van der Waals surface area contributed by atoms with Crippen LogP contribution in [-0.2, 0) is 27.2 Å². The Kier molecular flexibility index (Phi) is 7.15. The minimum absolute atomic E-state index is 0. The van der Waals surface area contributed by atoms with Gasteiger partial charge < -0.3 is 15.2 Å². The average Bonchev–Trinajstić information content (AvgIpc) is 1.97. The van der Waals surface area contributed by atoms with Crippen LogP contribution < -0.4 is 16.2 Å². The van der Waals surface area contributed by atoms with Gasteiger partial charge in [0.1, 0.15) is 6.54 Å². The van der Waals surface area contributed by atoms with Crippen LogP contribution in [0.1, 0.15) is 0 Å². The average molecular weight is 284 g/mol. The predicted octanol–water partition coefficient (Wildman–Crippen LogP) is -4.10. The summed E-state index contributed by atoms with van der Waals surface area (Å²) in [6, 6.07) is 0. The van der Waals surface area contributed by atoms with Crippen molar-refractivity contribution in [3.05, 3.63) is 0 Å². The summed E-state index contributed by atoms with van der Waals surface area (Å²) in [4.78, 5) is 10.7. The fourth-order valence-corrected chi connectivity index (χ4v) is 1.25. The van der Waals surface area contributed by atoms with Gasteiger partial charge in [0, 0.05) is 0 Å². The van der Waals surface area contributed by atoms with Crippen LogP contribution in [0.3, 0.4) is 0 Å². The van der Waals surface area contributed by atoms with Gasteiger partial charge in [0.2, 0.25) is 0 Å². The summed E-state index contributed by atoms with van der Waals surface area (Å²) in [6.07, 6.45) is 0. The van der Waals surface area contributed by atoms with E-state index in [9.17, 15) is 21.6 Å². The molecule has 0 fully saturated rings. The molecule has 13 heteroatoms. The summed E-state index contributed by atoms with van der Waals surface area (Å²) >= 11 is 0. The van der Waals surface area contributed by atoms with Crippen molar-refractivity contribution in [2.75, 3.05) is 6.54 Å². The number of carbonyl (C=O) groups excluding carboxylic acids is 1. The van der Waals surface area contributed by atoms with Crippen molar-refractivity contribution in [2.45, 2.75) is 0 Å². The van der Waals surface area contributed by atoms with E-state index in [4.69, 9.17) is 11.1 Å². The molecule has 90 valence electrons. The summed E-state index contributed by atoms with van der Waals surface area (Å²) in [7, 11) is -10.2. The third-order valence-electron chi connectivity index (χ3n) is 0.903. The molecule has 0 amide bonds. The monoisotopic (exact) mass is 284 g/mol. The molecule has 0 aromatic heterocycles. The molecule has 0 heterocycles. The second kappa shape index (κ2) is 6.36. The van der Waals surface area contributed by atoms with Crippen LogP contribution in [0.15, 0.2) is 0 Å². The Morgan fingerprint density at radius 1 is 1.31 bits per heavy atom. The molecular formula is C3H9N4NaO6S2. The molecule has 0 aliphatic rings. The van der Waals surface area contributed by atoms with E-state index in [-0.39, 0.29) is 29.6 Å². The van der Waals surface area contributed by atoms with Crippen molar-refractivity contribution in [1.29, 1.82) is 5.41 Å². The Labute approximate surface area is 113 Å². The predicted molar refractivity (Wildman–Crippen MR) is 55.2 cm³/mol. The second-order valence-corrected chi connectivity index (χ2v) is 6.71. The number of nitrogens with one attached hydrogen (secondary N) is 2. The normalized spacial score (nSPS) is 11.1. The molecule has 16 heavy (non-hydrogen) atoms. The molecule has 0 bridgehead atoms. The van der Waals surface area contributed by atoms with Gasteiger partial charge in [-0.05, 0) is 0 Å². The molecule has 0 aromatic carbocycles. The number of nitrogens with two attached hydrogens (primary N) is 2. The quantitative estimate of drug-likeness (QED) is 0.174. The molecule has 0 aliphatic carbocycles. The summed E-state index contributed by atoms with van der Waals surface area (Å²) in [5.74, 6) is -2.07. The third-order valence-corrected chi connectivity index (χ3v) is 3.77. The van der Waals surface area contributed by atoms with Gasteiger partial charge in [-0.2, -0.15) is 16.8 Å². The van der Waals surface area contributed by atoms with Crippen molar-refractivity contribution < 1.29 is 25.8 Å². The van der Waals surface area contributed by atoms with Crippen LogP contribution in [0.25, 0.3) is 0 Å². The number of guanidine groups is 1. The topological polar surface area (TPSA) is 182 Å². The Morgan fingerprint density at radius 2 is 1.75 bits per heavy atom. The van der Waals surface area contributed by atoms with Gasteiger partial charge in [0.25, 0.3) is 0 Å². The summed E-state index contributed by atoms with van der Waals surface area (Å²) in [5, 5.41) is 12.8. The molecule has 0 unspecified atom stereocenters. The first kappa shape index (κ1) is 18.0.